The van der Waals surface area contributed by atoms with E-state index in [4.69, 9.17) is 5.73 Å². The molecule has 0 aliphatic carbocycles. The summed E-state index contributed by atoms with van der Waals surface area (Å²) >= 11 is 0. The molecule has 0 spiro atoms. The van der Waals surface area contributed by atoms with Gasteiger partial charge in [0.25, 0.3) is 0 Å². The van der Waals surface area contributed by atoms with E-state index in [2.05, 4.69) is 10.6 Å². The number of anilines is 1. The van der Waals surface area contributed by atoms with Crippen molar-refractivity contribution in [3.63, 3.8) is 0 Å². The first-order valence-electron chi connectivity index (χ1n) is 6.08. The van der Waals surface area contributed by atoms with Gasteiger partial charge in [-0.15, -0.1) is 0 Å². The Morgan fingerprint density at radius 1 is 1.33 bits per heavy atom. The number of hydrogen-bond acceptors (Lipinski definition) is 3. The molecule has 2 rings (SSSR count). The zero-order chi connectivity index (χ0) is 13.0. The Labute approximate surface area is 106 Å². The largest absolute Gasteiger partial charge is 0.382 e. The first kappa shape index (κ1) is 12.4. The molecule has 1 saturated heterocycles. The molecule has 96 valence electrons. The molecule has 1 atom stereocenters. The summed E-state index contributed by atoms with van der Waals surface area (Å²) in [6.07, 6.45) is 2.41. The minimum atomic E-state index is -0.435. The Morgan fingerprint density at radius 2 is 2.06 bits per heavy atom. The van der Waals surface area contributed by atoms with E-state index in [1.54, 1.807) is 12.1 Å². The van der Waals surface area contributed by atoms with Gasteiger partial charge in [0, 0.05) is 30.3 Å². The molecular formula is C13H17N3O2. The van der Waals surface area contributed by atoms with Gasteiger partial charge < -0.3 is 16.4 Å². The highest BCUT2D eigenvalue weighted by Gasteiger charge is 2.16. The van der Waals surface area contributed by atoms with Crippen molar-refractivity contribution in [2.24, 2.45) is 5.73 Å². The van der Waals surface area contributed by atoms with Crippen molar-refractivity contribution >= 4 is 17.5 Å². The summed E-state index contributed by atoms with van der Waals surface area (Å²) in [6, 6.07) is 7.13. The molecule has 0 saturated carbocycles. The van der Waals surface area contributed by atoms with E-state index in [0.717, 1.165) is 25.1 Å². The molecule has 1 aliphatic heterocycles. The number of nitrogens with two attached hydrogens (primary N) is 1. The number of rotatable bonds is 3. The minimum absolute atomic E-state index is 0.0822. The standard InChI is InChI=1S/C13H17N3O2/c14-13(18)9-3-5-10(6-4-9)16-11-2-1-7-15-12(17)8-11/h3-6,11,16H,1-2,7-8H2,(H2,14,18)(H,15,17). The van der Waals surface area contributed by atoms with Crippen LogP contribution in [0.5, 0.6) is 0 Å². The van der Waals surface area contributed by atoms with E-state index in [1.807, 2.05) is 12.1 Å². The maximum absolute atomic E-state index is 11.4. The monoisotopic (exact) mass is 247 g/mol. The van der Waals surface area contributed by atoms with Gasteiger partial charge in [-0.25, -0.2) is 0 Å². The van der Waals surface area contributed by atoms with E-state index in [9.17, 15) is 9.59 Å². The molecular weight excluding hydrogens is 230 g/mol. The molecule has 1 heterocycles. The lowest BCUT2D eigenvalue weighted by atomic mass is 10.1. The highest BCUT2D eigenvalue weighted by molar-refractivity contribution is 5.93. The van der Waals surface area contributed by atoms with Gasteiger partial charge in [-0.3, -0.25) is 9.59 Å². The van der Waals surface area contributed by atoms with Crippen LogP contribution in [-0.2, 0) is 4.79 Å². The van der Waals surface area contributed by atoms with Crippen LogP contribution in [0.25, 0.3) is 0 Å². The van der Waals surface area contributed by atoms with Gasteiger partial charge in [-0.05, 0) is 37.1 Å². The lowest BCUT2D eigenvalue weighted by Gasteiger charge is -2.16. The van der Waals surface area contributed by atoms with Crippen molar-refractivity contribution in [2.45, 2.75) is 25.3 Å². The van der Waals surface area contributed by atoms with E-state index >= 15 is 0 Å². The number of benzene rings is 1. The van der Waals surface area contributed by atoms with Crippen molar-refractivity contribution in [1.82, 2.24) is 5.32 Å². The molecule has 1 aromatic rings. The van der Waals surface area contributed by atoms with Crippen LogP contribution in [0.1, 0.15) is 29.6 Å². The average molecular weight is 247 g/mol. The fourth-order valence-electron chi connectivity index (χ4n) is 2.06. The third-order valence-electron chi connectivity index (χ3n) is 3.02. The first-order chi connectivity index (χ1) is 8.65. The number of amides is 2. The molecule has 1 aliphatic rings. The van der Waals surface area contributed by atoms with Crippen LogP contribution in [0.15, 0.2) is 24.3 Å². The highest BCUT2D eigenvalue weighted by atomic mass is 16.2. The van der Waals surface area contributed by atoms with Gasteiger partial charge in [-0.1, -0.05) is 0 Å². The summed E-state index contributed by atoms with van der Waals surface area (Å²) in [6.45, 7) is 0.748. The minimum Gasteiger partial charge on any atom is -0.382 e. The maximum atomic E-state index is 11.4. The highest BCUT2D eigenvalue weighted by Crippen LogP contribution is 2.15. The molecule has 1 fully saturated rings. The summed E-state index contributed by atoms with van der Waals surface area (Å²) in [4.78, 5) is 22.4. The molecule has 5 heteroatoms. The Balaban J connectivity index is 1.99. The van der Waals surface area contributed by atoms with Crippen LogP contribution >= 0.6 is 0 Å². The van der Waals surface area contributed by atoms with Crippen LogP contribution < -0.4 is 16.4 Å². The van der Waals surface area contributed by atoms with Crippen molar-refractivity contribution in [3.05, 3.63) is 29.8 Å². The predicted octanol–water partition coefficient (Wildman–Crippen LogP) is 0.866. The van der Waals surface area contributed by atoms with Crippen molar-refractivity contribution < 1.29 is 9.59 Å². The van der Waals surface area contributed by atoms with Crippen molar-refractivity contribution in [1.29, 1.82) is 0 Å². The van der Waals surface area contributed by atoms with E-state index in [1.165, 1.54) is 0 Å². The van der Waals surface area contributed by atoms with Gasteiger partial charge in [-0.2, -0.15) is 0 Å². The second kappa shape index (κ2) is 5.53. The molecule has 1 aromatic carbocycles. The molecule has 5 nitrogen and oxygen atoms in total. The second-order valence-electron chi connectivity index (χ2n) is 4.48. The molecule has 4 N–H and O–H groups in total. The Morgan fingerprint density at radius 3 is 2.72 bits per heavy atom. The lowest BCUT2D eigenvalue weighted by Crippen LogP contribution is -2.26. The summed E-state index contributed by atoms with van der Waals surface area (Å²) in [5.41, 5.74) is 6.56. The van der Waals surface area contributed by atoms with Crippen molar-refractivity contribution in [3.8, 4) is 0 Å². The van der Waals surface area contributed by atoms with Crippen molar-refractivity contribution in [2.75, 3.05) is 11.9 Å². The summed E-state index contributed by atoms with van der Waals surface area (Å²) in [5, 5.41) is 6.15. The third-order valence-corrected chi connectivity index (χ3v) is 3.02. The zero-order valence-electron chi connectivity index (χ0n) is 10.1. The molecule has 2 amide bonds. The average Bonchev–Trinajstić information content (AvgIpc) is 2.54. The summed E-state index contributed by atoms with van der Waals surface area (Å²) < 4.78 is 0. The van der Waals surface area contributed by atoms with Crippen LogP contribution in [0, 0.1) is 0 Å². The lowest BCUT2D eigenvalue weighted by molar-refractivity contribution is -0.120. The maximum Gasteiger partial charge on any atom is 0.248 e. The normalized spacial score (nSPS) is 19.8. The Kier molecular flexibility index (Phi) is 3.82. The summed E-state index contributed by atoms with van der Waals surface area (Å²) in [5.74, 6) is -0.353. The van der Waals surface area contributed by atoms with Crippen LogP contribution in [0.2, 0.25) is 0 Å². The van der Waals surface area contributed by atoms with Crippen LogP contribution in [0.3, 0.4) is 0 Å². The first-order valence-corrected chi connectivity index (χ1v) is 6.08. The van der Waals surface area contributed by atoms with Crippen LogP contribution in [-0.4, -0.2) is 24.4 Å². The van der Waals surface area contributed by atoms with E-state index in [0.29, 0.717) is 12.0 Å². The van der Waals surface area contributed by atoms with Gasteiger partial charge in [0.05, 0.1) is 0 Å². The number of carbonyl (C=O) groups excluding carboxylic acids is 2. The second-order valence-corrected chi connectivity index (χ2v) is 4.48. The van der Waals surface area contributed by atoms with Gasteiger partial charge >= 0.3 is 0 Å². The Hall–Kier alpha value is -2.04. The molecule has 0 bridgehead atoms. The molecule has 1 unspecified atom stereocenters. The van der Waals surface area contributed by atoms with Gasteiger partial charge in [0.2, 0.25) is 11.8 Å². The fraction of sp³-hybridized carbons (Fsp3) is 0.385. The zero-order valence-corrected chi connectivity index (χ0v) is 10.1. The number of carbonyl (C=O) groups is 2. The number of primary amides is 1. The summed E-state index contributed by atoms with van der Waals surface area (Å²) in [7, 11) is 0. The fourth-order valence-corrected chi connectivity index (χ4v) is 2.06. The number of hydrogen-bond donors (Lipinski definition) is 3. The van der Waals surface area contributed by atoms with Gasteiger partial charge in [0.1, 0.15) is 0 Å². The SMILES string of the molecule is NC(=O)c1ccc(NC2CCCNC(=O)C2)cc1. The molecule has 0 aromatic heterocycles. The van der Waals surface area contributed by atoms with E-state index in [-0.39, 0.29) is 11.9 Å². The topological polar surface area (TPSA) is 84.2 Å². The quantitative estimate of drug-likeness (QED) is 0.741. The predicted molar refractivity (Wildman–Crippen MR) is 69.2 cm³/mol. The van der Waals surface area contributed by atoms with E-state index < -0.39 is 5.91 Å². The van der Waals surface area contributed by atoms with Crippen LogP contribution in [0.4, 0.5) is 5.69 Å². The molecule has 0 radical (unpaired) electrons. The smallest absolute Gasteiger partial charge is 0.248 e. The van der Waals surface area contributed by atoms with Gasteiger partial charge in [0.15, 0.2) is 0 Å². The molecule has 18 heavy (non-hydrogen) atoms. The third kappa shape index (κ3) is 3.23. The Bertz CT molecular complexity index is 442. The number of nitrogens with one attached hydrogen (secondary N) is 2.